The first-order valence-corrected chi connectivity index (χ1v) is 11.2. The van der Waals surface area contributed by atoms with Gasteiger partial charge in [0.2, 0.25) is 21.8 Å². The Morgan fingerprint density at radius 2 is 1.50 bits per heavy atom. The molecule has 1 aliphatic heterocycles. The number of carbonyl (C=O) groups is 2. The van der Waals surface area contributed by atoms with Gasteiger partial charge in [0.1, 0.15) is 5.82 Å². The lowest BCUT2D eigenvalue weighted by atomic mass is 10.2. The molecule has 1 fully saturated rings. The average molecular weight is 434 g/mol. The summed E-state index contributed by atoms with van der Waals surface area (Å²) >= 11 is 0. The van der Waals surface area contributed by atoms with Crippen LogP contribution in [0, 0.1) is 5.82 Å². The van der Waals surface area contributed by atoms with E-state index in [4.69, 9.17) is 0 Å². The van der Waals surface area contributed by atoms with E-state index in [0.717, 1.165) is 18.4 Å². The van der Waals surface area contributed by atoms with Gasteiger partial charge in [-0.2, -0.15) is 4.31 Å². The van der Waals surface area contributed by atoms with Gasteiger partial charge in [-0.15, -0.1) is 0 Å². The molecule has 2 aromatic carbocycles. The molecule has 1 saturated heterocycles. The maximum Gasteiger partial charge on any atom is 0.243 e. The van der Waals surface area contributed by atoms with Crippen LogP contribution in [0.3, 0.4) is 0 Å². The highest BCUT2D eigenvalue weighted by Crippen LogP contribution is 2.21. The summed E-state index contributed by atoms with van der Waals surface area (Å²) in [5.74, 6) is -1.03. The molecule has 0 radical (unpaired) electrons. The van der Waals surface area contributed by atoms with Crippen LogP contribution in [0.4, 0.5) is 10.1 Å². The first-order valence-electron chi connectivity index (χ1n) is 9.76. The minimum absolute atomic E-state index is 0.00374. The van der Waals surface area contributed by atoms with Gasteiger partial charge < -0.3 is 10.6 Å². The molecule has 30 heavy (non-hydrogen) atoms. The highest BCUT2D eigenvalue weighted by Gasteiger charge is 2.26. The molecule has 0 aliphatic carbocycles. The number of benzene rings is 2. The quantitative estimate of drug-likeness (QED) is 0.669. The molecule has 0 unspecified atom stereocenters. The SMILES string of the molecule is O=C(CCC(=O)Nc1ccc(F)cc1)NCc1ccc(S(=O)(=O)N2CCCC2)cc1. The van der Waals surface area contributed by atoms with Crippen molar-refractivity contribution in [3.63, 3.8) is 0 Å². The van der Waals surface area contributed by atoms with Crippen LogP contribution >= 0.6 is 0 Å². The molecule has 2 N–H and O–H groups in total. The number of hydrogen-bond acceptors (Lipinski definition) is 4. The lowest BCUT2D eigenvalue weighted by Crippen LogP contribution is -2.28. The zero-order valence-corrected chi connectivity index (χ0v) is 17.3. The summed E-state index contributed by atoms with van der Waals surface area (Å²) in [6.07, 6.45) is 1.77. The fraction of sp³-hybridized carbons (Fsp3) is 0.333. The van der Waals surface area contributed by atoms with Gasteiger partial charge in [0.15, 0.2) is 0 Å². The van der Waals surface area contributed by atoms with Crippen molar-refractivity contribution in [2.45, 2.75) is 37.1 Å². The molecular formula is C21H24FN3O4S. The Hall–Kier alpha value is -2.78. The predicted molar refractivity (Wildman–Crippen MR) is 111 cm³/mol. The smallest absolute Gasteiger partial charge is 0.243 e. The number of hydrogen-bond donors (Lipinski definition) is 2. The van der Waals surface area contributed by atoms with E-state index in [-0.39, 0.29) is 36.1 Å². The number of carbonyl (C=O) groups excluding carboxylic acids is 2. The van der Waals surface area contributed by atoms with Crippen molar-refractivity contribution in [3.05, 3.63) is 59.9 Å². The van der Waals surface area contributed by atoms with Crippen LogP contribution in [0.1, 0.15) is 31.2 Å². The van der Waals surface area contributed by atoms with E-state index in [2.05, 4.69) is 10.6 Å². The molecule has 2 aromatic rings. The van der Waals surface area contributed by atoms with Gasteiger partial charge in [-0.1, -0.05) is 12.1 Å². The van der Waals surface area contributed by atoms with Gasteiger partial charge in [0.05, 0.1) is 4.90 Å². The lowest BCUT2D eigenvalue weighted by molar-refractivity contribution is -0.124. The van der Waals surface area contributed by atoms with Crippen molar-refractivity contribution in [2.24, 2.45) is 0 Å². The van der Waals surface area contributed by atoms with Crippen LogP contribution < -0.4 is 10.6 Å². The summed E-state index contributed by atoms with van der Waals surface area (Å²) in [4.78, 5) is 24.1. The van der Waals surface area contributed by atoms with Crippen molar-refractivity contribution in [3.8, 4) is 0 Å². The van der Waals surface area contributed by atoms with E-state index >= 15 is 0 Å². The Bertz CT molecular complexity index is 986. The van der Waals surface area contributed by atoms with E-state index in [1.165, 1.54) is 28.6 Å². The molecule has 2 amide bonds. The molecular weight excluding hydrogens is 409 g/mol. The molecule has 0 aromatic heterocycles. The van der Waals surface area contributed by atoms with Gasteiger partial charge in [0.25, 0.3) is 0 Å². The largest absolute Gasteiger partial charge is 0.352 e. The van der Waals surface area contributed by atoms with Gasteiger partial charge in [-0.05, 0) is 54.8 Å². The molecule has 1 heterocycles. The van der Waals surface area contributed by atoms with Gasteiger partial charge in [0, 0.05) is 38.2 Å². The Morgan fingerprint density at radius 3 is 2.13 bits per heavy atom. The van der Waals surface area contributed by atoms with Gasteiger partial charge in [-0.3, -0.25) is 9.59 Å². The Labute approximate surface area is 175 Å². The number of halogens is 1. The molecule has 0 spiro atoms. The van der Waals surface area contributed by atoms with Crippen molar-refractivity contribution in [1.82, 2.24) is 9.62 Å². The number of rotatable bonds is 8. The van der Waals surface area contributed by atoms with Crippen LogP contribution in [0.5, 0.6) is 0 Å². The highest BCUT2D eigenvalue weighted by atomic mass is 32.2. The van der Waals surface area contributed by atoms with E-state index < -0.39 is 15.8 Å². The standard InChI is InChI=1S/C21H24FN3O4S/c22-17-5-7-18(8-6-17)24-21(27)12-11-20(26)23-15-16-3-9-19(10-4-16)30(28,29)25-13-1-2-14-25/h3-10H,1-2,11-15H2,(H,23,26)(H,24,27). The van der Waals surface area contributed by atoms with Crippen molar-refractivity contribution in [2.75, 3.05) is 18.4 Å². The molecule has 0 bridgehead atoms. The van der Waals surface area contributed by atoms with Crippen molar-refractivity contribution in [1.29, 1.82) is 0 Å². The van der Waals surface area contributed by atoms with E-state index in [9.17, 15) is 22.4 Å². The summed E-state index contributed by atoms with van der Waals surface area (Å²) < 4.78 is 39.4. The molecule has 3 rings (SSSR count). The maximum absolute atomic E-state index is 12.9. The Morgan fingerprint density at radius 1 is 0.900 bits per heavy atom. The second kappa shape index (κ2) is 9.82. The van der Waals surface area contributed by atoms with E-state index in [0.29, 0.717) is 18.8 Å². The summed E-state index contributed by atoms with van der Waals surface area (Å²) in [5, 5.41) is 5.31. The van der Waals surface area contributed by atoms with Crippen LogP contribution in [-0.2, 0) is 26.2 Å². The first-order chi connectivity index (χ1) is 14.3. The number of nitrogens with one attached hydrogen (secondary N) is 2. The third-order valence-corrected chi connectivity index (χ3v) is 6.74. The van der Waals surface area contributed by atoms with Gasteiger partial charge in [-0.25, -0.2) is 12.8 Å². The van der Waals surface area contributed by atoms with Crippen LogP contribution in [0.25, 0.3) is 0 Å². The molecule has 0 atom stereocenters. The normalized spacial score (nSPS) is 14.4. The van der Waals surface area contributed by atoms with E-state index in [1.54, 1.807) is 24.3 Å². The lowest BCUT2D eigenvalue weighted by Gasteiger charge is -2.15. The Balaban J connectivity index is 1.43. The second-order valence-corrected chi connectivity index (χ2v) is 9.02. The molecule has 0 saturated carbocycles. The topological polar surface area (TPSA) is 95.6 Å². The third kappa shape index (κ3) is 5.87. The van der Waals surface area contributed by atoms with E-state index in [1.807, 2.05) is 0 Å². The highest BCUT2D eigenvalue weighted by molar-refractivity contribution is 7.89. The molecule has 7 nitrogen and oxygen atoms in total. The number of amides is 2. The monoisotopic (exact) mass is 433 g/mol. The third-order valence-electron chi connectivity index (χ3n) is 4.82. The minimum atomic E-state index is -3.45. The fourth-order valence-electron chi connectivity index (χ4n) is 3.13. The maximum atomic E-state index is 12.9. The molecule has 1 aliphatic rings. The number of nitrogens with zero attached hydrogens (tertiary/aromatic N) is 1. The summed E-state index contributed by atoms with van der Waals surface area (Å²) in [6.45, 7) is 1.34. The summed E-state index contributed by atoms with van der Waals surface area (Å²) in [7, 11) is -3.45. The molecule has 160 valence electrons. The minimum Gasteiger partial charge on any atom is -0.352 e. The molecule has 9 heteroatoms. The van der Waals surface area contributed by atoms with Crippen LogP contribution in [-0.4, -0.2) is 37.6 Å². The van der Waals surface area contributed by atoms with Gasteiger partial charge >= 0.3 is 0 Å². The second-order valence-electron chi connectivity index (χ2n) is 7.09. The average Bonchev–Trinajstić information content (AvgIpc) is 3.29. The van der Waals surface area contributed by atoms with Crippen LogP contribution in [0.15, 0.2) is 53.4 Å². The fourth-order valence-corrected chi connectivity index (χ4v) is 4.65. The number of sulfonamides is 1. The Kier molecular flexibility index (Phi) is 7.17. The predicted octanol–water partition coefficient (Wildman–Crippen LogP) is 2.65. The van der Waals surface area contributed by atoms with Crippen molar-refractivity contribution >= 4 is 27.5 Å². The summed E-state index contributed by atoms with van der Waals surface area (Å²) in [5.41, 5.74) is 1.23. The number of anilines is 1. The van der Waals surface area contributed by atoms with Crippen LogP contribution in [0.2, 0.25) is 0 Å². The summed E-state index contributed by atoms with van der Waals surface area (Å²) in [6, 6.07) is 11.8. The van der Waals surface area contributed by atoms with Crippen molar-refractivity contribution < 1.29 is 22.4 Å². The zero-order chi connectivity index (χ0) is 21.6. The zero-order valence-electron chi connectivity index (χ0n) is 16.4. The first kappa shape index (κ1) is 21.9.